The van der Waals surface area contributed by atoms with Gasteiger partial charge < -0.3 is 20.7 Å². The van der Waals surface area contributed by atoms with Crippen LogP contribution < -0.4 is 16.0 Å². The summed E-state index contributed by atoms with van der Waals surface area (Å²) in [7, 11) is 0. The maximum Gasteiger partial charge on any atom is 0.407 e. The summed E-state index contributed by atoms with van der Waals surface area (Å²) in [5.74, 6) is -0.399. The first kappa shape index (κ1) is 24.7. The molecule has 3 amide bonds. The number of benzene rings is 2. The highest BCUT2D eigenvalue weighted by atomic mass is 16.6. The minimum Gasteiger partial charge on any atom is -0.444 e. The first-order valence-electron chi connectivity index (χ1n) is 10.5. The molecular weight excluding hydrogens is 406 g/mol. The van der Waals surface area contributed by atoms with Crippen molar-refractivity contribution in [2.75, 3.05) is 11.9 Å². The molecule has 3 N–H and O–H groups in total. The van der Waals surface area contributed by atoms with Crippen molar-refractivity contribution in [1.29, 1.82) is 0 Å². The van der Waals surface area contributed by atoms with Crippen molar-refractivity contribution in [3.63, 3.8) is 0 Å². The summed E-state index contributed by atoms with van der Waals surface area (Å²) >= 11 is 0. The van der Waals surface area contributed by atoms with E-state index >= 15 is 0 Å². The molecule has 0 aliphatic carbocycles. The van der Waals surface area contributed by atoms with E-state index in [1.807, 2.05) is 43.3 Å². The van der Waals surface area contributed by atoms with Crippen LogP contribution in [0, 0.1) is 6.92 Å². The Kier molecular flexibility index (Phi) is 9.01. The Labute approximate surface area is 189 Å². The van der Waals surface area contributed by atoms with E-state index in [4.69, 9.17) is 4.74 Å². The summed E-state index contributed by atoms with van der Waals surface area (Å²) in [6.45, 7) is 7.90. The molecular formula is C25H31N3O4. The molecule has 0 saturated heterocycles. The van der Waals surface area contributed by atoms with Gasteiger partial charge in [-0.1, -0.05) is 42.0 Å². The summed E-state index contributed by atoms with van der Waals surface area (Å²) < 4.78 is 5.12. The van der Waals surface area contributed by atoms with Gasteiger partial charge in [0.05, 0.1) is 0 Å². The monoisotopic (exact) mass is 437 g/mol. The summed E-state index contributed by atoms with van der Waals surface area (Å²) in [6, 6.07) is 15.1. The number of hydrogen-bond acceptors (Lipinski definition) is 4. The zero-order chi connectivity index (χ0) is 23.6. The van der Waals surface area contributed by atoms with Crippen molar-refractivity contribution in [1.82, 2.24) is 10.6 Å². The smallest absolute Gasteiger partial charge is 0.407 e. The standard InChI is InChI=1S/C25H31N3O4/c1-18-5-7-19(8-6-18)11-14-22(29)27-17-20-9-12-21(13-10-20)28-23(30)15-16-26-24(31)32-25(2,3)4/h5-14H,15-17H2,1-4H3,(H,26,31)(H,27,29)(H,28,30)/b14-11+. The molecule has 0 bridgehead atoms. The van der Waals surface area contributed by atoms with Crippen LogP contribution >= 0.6 is 0 Å². The van der Waals surface area contributed by atoms with Crippen molar-refractivity contribution < 1.29 is 19.1 Å². The Bertz CT molecular complexity index is 943. The second-order valence-electron chi connectivity index (χ2n) is 8.39. The average molecular weight is 438 g/mol. The predicted octanol–water partition coefficient (Wildman–Crippen LogP) is 4.18. The number of amides is 3. The van der Waals surface area contributed by atoms with Crippen molar-refractivity contribution in [3.05, 3.63) is 71.3 Å². The van der Waals surface area contributed by atoms with E-state index in [9.17, 15) is 14.4 Å². The maximum atomic E-state index is 12.0. The number of ether oxygens (including phenoxy) is 1. The summed E-state index contributed by atoms with van der Waals surface area (Å²) in [5, 5.41) is 8.15. The zero-order valence-corrected chi connectivity index (χ0v) is 19.0. The molecule has 0 radical (unpaired) electrons. The third kappa shape index (κ3) is 9.93. The van der Waals surface area contributed by atoms with Crippen molar-refractivity contribution >= 4 is 29.7 Å². The number of nitrogens with one attached hydrogen (secondary N) is 3. The minimum absolute atomic E-state index is 0.129. The number of alkyl carbamates (subject to hydrolysis) is 1. The number of anilines is 1. The Morgan fingerprint density at radius 3 is 2.22 bits per heavy atom. The van der Waals surface area contributed by atoms with Gasteiger partial charge >= 0.3 is 6.09 Å². The molecule has 0 aliphatic heterocycles. The minimum atomic E-state index is -0.578. The van der Waals surface area contributed by atoms with Crippen LogP contribution in [-0.4, -0.2) is 30.1 Å². The van der Waals surface area contributed by atoms with E-state index in [1.54, 1.807) is 39.0 Å². The summed E-state index contributed by atoms with van der Waals surface area (Å²) in [6.07, 6.45) is 2.85. The first-order chi connectivity index (χ1) is 15.1. The molecule has 0 spiro atoms. The van der Waals surface area contributed by atoms with Gasteiger partial charge in [-0.3, -0.25) is 9.59 Å². The molecule has 170 valence electrons. The number of carbonyl (C=O) groups excluding carboxylic acids is 3. The van der Waals surface area contributed by atoms with Crippen LogP contribution in [-0.2, 0) is 20.9 Å². The van der Waals surface area contributed by atoms with Crippen molar-refractivity contribution in [2.45, 2.75) is 46.3 Å². The third-order valence-corrected chi connectivity index (χ3v) is 4.23. The molecule has 2 aromatic rings. The van der Waals surface area contributed by atoms with Gasteiger partial charge in [0.2, 0.25) is 11.8 Å². The van der Waals surface area contributed by atoms with E-state index in [0.717, 1.165) is 11.1 Å². The van der Waals surface area contributed by atoms with E-state index in [0.29, 0.717) is 12.2 Å². The van der Waals surface area contributed by atoms with Crippen LogP contribution in [0.3, 0.4) is 0 Å². The summed E-state index contributed by atoms with van der Waals surface area (Å²) in [4.78, 5) is 35.6. The highest BCUT2D eigenvalue weighted by Crippen LogP contribution is 2.10. The molecule has 2 aromatic carbocycles. The second-order valence-corrected chi connectivity index (χ2v) is 8.39. The number of hydrogen-bond donors (Lipinski definition) is 3. The van der Waals surface area contributed by atoms with Gasteiger partial charge in [-0.25, -0.2) is 4.79 Å². The van der Waals surface area contributed by atoms with Gasteiger partial charge in [0.25, 0.3) is 0 Å². The van der Waals surface area contributed by atoms with E-state index in [1.165, 1.54) is 11.6 Å². The van der Waals surface area contributed by atoms with E-state index in [-0.39, 0.29) is 24.8 Å². The maximum absolute atomic E-state index is 12.0. The third-order valence-electron chi connectivity index (χ3n) is 4.23. The van der Waals surface area contributed by atoms with Crippen molar-refractivity contribution in [2.24, 2.45) is 0 Å². The predicted molar refractivity (Wildman–Crippen MR) is 126 cm³/mol. The fourth-order valence-electron chi connectivity index (χ4n) is 2.62. The lowest BCUT2D eigenvalue weighted by molar-refractivity contribution is -0.117. The lowest BCUT2D eigenvalue weighted by Crippen LogP contribution is -2.34. The van der Waals surface area contributed by atoms with Crippen LogP contribution in [0.4, 0.5) is 10.5 Å². The van der Waals surface area contributed by atoms with Crippen LogP contribution in [0.1, 0.15) is 43.9 Å². The SMILES string of the molecule is Cc1ccc(/C=C/C(=O)NCc2ccc(NC(=O)CCNC(=O)OC(C)(C)C)cc2)cc1. The molecule has 0 heterocycles. The lowest BCUT2D eigenvalue weighted by atomic mass is 10.1. The Morgan fingerprint density at radius 1 is 0.938 bits per heavy atom. The molecule has 32 heavy (non-hydrogen) atoms. The Morgan fingerprint density at radius 2 is 1.59 bits per heavy atom. The quantitative estimate of drug-likeness (QED) is 0.540. The van der Waals surface area contributed by atoms with Gasteiger partial charge in [-0.05, 0) is 57.0 Å². The first-order valence-corrected chi connectivity index (χ1v) is 10.5. The number of carbonyl (C=O) groups is 3. The fourth-order valence-corrected chi connectivity index (χ4v) is 2.62. The van der Waals surface area contributed by atoms with Crippen LogP contribution in [0.25, 0.3) is 6.08 Å². The molecule has 0 fully saturated rings. The lowest BCUT2D eigenvalue weighted by Gasteiger charge is -2.19. The Balaban J connectivity index is 1.71. The van der Waals surface area contributed by atoms with Crippen molar-refractivity contribution in [3.8, 4) is 0 Å². The molecule has 2 rings (SSSR count). The number of rotatable bonds is 8. The molecule has 7 nitrogen and oxygen atoms in total. The molecule has 7 heteroatoms. The highest BCUT2D eigenvalue weighted by molar-refractivity contribution is 5.92. The van der Waals surface area contributed by atoms with Gasteiger partial charge in [0.15, 0.2) is 0 Å². The molecule has 0 aromatic heterocycles. The van der Waals surface area contributed by atoms with Crippen LogP contribution in [0.2, 0.25) is 0 Å². The van der Waals surface area contributed by atoms with Gasteiger partial charge in [-0.15, -0.1) is 0 Å². The molecule has 0 saturated carbocycles. The number of aryl methyl sites for hydroxylation is 1. The Hall–Kier alpha value is -3.61. The molecule has 0 unspecified atom stereocenters. The highest BCUT2D eigenvalue weighted by Gasteiger charge is 2.15. The topological polar surface area (TPSA) is 96.5 Å². The average Bonchev–Trinajstić information content (AvgIpc) is 2.71. The van der Waals surface area contributed by atoms with E-state index in [2.05, 4.69) is 16.0 Å². The van der Waals surface area contributed by atoms with Crippen LogP contribution in [0.5, 0.6) is 0 Å². The van der Waals surface area contributed by atoms with Crippen LogP contribution in [0.15, 0.2) is 54.6 Å². The molecule has 0 aliphatic rings. The fraction of sp³-hybridized carbons (Fsp3) is 0.320. The van der Waals surface area contributed by atoms with Gasteiger partial charge in [0, 0.05) is 31.3 Å². The normalized spacial score (nSPS) is 11.1. The van der Waals surface area contributed by atoms with E-state index < -0.39 is 11.7 Å². The largest absolute Gasteiger partial charge is 0.444 e. The van der Waals surface area contributed by atoms with Gasteiger partial charge in [0.1, 0.15) is 5.60 Å². The summed E-state index contributed by atoms with van der Waals surface area (Å²) in [5.41, 5.74) is 3.11. The second kappa shape index (κ2) is 11.7. The zero-order valence-electron chi connectivity index (χ0n) is 19.0. The molecule has 0 atom stereocenters. The van der Waals surface area contributed by atoms with Gasteiger partial charge in [-0.2, -0.15) is 0 Å².